The highest BCUT2D eigenvalue weighted by Crippen LogP contribution is 2.34. The van der Waals surface area contributed by atoms with Crippen LogP contribution < -0.4 is 11.1 Å². The molecule has 0 radical (unpaired) electrons. The van der Waals surface area contributed by atoms with E-state index in [1.165, 1.54) is 5.56 Å². The number of hydrogen-bond acceptors (Lipinski definition) is 2. The van der Waals surface area contributed by atoms with Crippen LogP contribution in [-0.4, -0.2) is 29.9 Å². The van der Waals surface area contributed by atoms with Gasteiger partial charge in [-0.3, -0.25) is 4.79 Å². The summed E-state index contributed by atoms with van der Waals surface area (Å²) in [5.74, 6) is 0.649. The summed E-state index contributed by atoms with van der Waals surface area (Å²) in [7, 11) is 1.90. The Bertz CT molecular complexity index is 766. The SMILES string of the molecule is CN(C(=O)c1ccc(CNC(N)=O)cc1)C1CCC(c2ccccc2)CC1. The number of amides is 3. The van der Waals surface area contributed by atoms with Gasteiger partial charge in [-0.15, -0.1) is 0 Å². The summed E-state index contributed by atoms with van der Waals surface area (Å²) < 4.78 is 0. The number of primary amides is 1. The zero-order valence-corrected chi connectivity index (χ0v) is 15.7. The third-order valence-electron chi connectivity index (χ3n) is 5.50. The molecule has 5 nitrogen and oxygen atoms in total. The maximum Gasteiger partial charge on any atom is 0.312 e. The molecule has 2 aromatic rings. The van der Waals surface area contributed by atoms with Crippen LogP contribution in [0.2, 0.25) is 0 Å². The number of carbonyl (C=O) groups excluding carboxylic acids is 2. The number of nitrogens with one attached hydrogen (secondary N) is 1. The highest BCUT2D eigenvalue weighted by atomic mass is 16.2. The maximum atomic E-state index is 12.8. The van der Waals surface area contributed by atoms with Gasteiger partial charge >= 0.3 is 6.03 Å². The fraction of sp³-hybridized carbons (Fsp3) is 0.364. The van der Waals surface area contributed by atoms with Gasteiger partial charge < -0.3 is 16.0 Å². The van der Waals surface area contributed by atoms with Crippen molar-refractivity contribution in [3.05, 3.63) is 71.3 Å². The number of nitrogens with two attached hydrogens (primary N) is 1. The summed E-state index contributed by atoms with van der Waals surface area (Å²) in [5.41, 5.74) is 8.07. The molecule has 0 aliphatic heterocycles. The first-order chi connectivity index (χ1) is 13.0. The predicted octanol–water partition coefficient (Wildman–Crippen LogP) is 3.65. The minimum Gasteiger partial charge on any atom is -0.352 e. The first-order valence-electron chi connectivity index (χ1n) is 9.49. The van der Waals surface area contributed by atoms with Crippen LogP contribution in [-0.2, 0) is 6.54 Å². The van der Waals surface area contributed by atoms with Crippen LogP contribution in [0.1, 0.15) is 53.1 Å². The molecule has 27 heavy (non-hydrogen) atoms. The minimum atomic E-state index is -0.555. The Hall–Kier alpha value is -2.82. The maximum absolute atomic E-state index is 12.8. The molecule has 1 aliphatic rings. The Morgan fingerprint density at radius 3 is 2.22 bits per heavy atom. The molecule has 0 atom stereocenters. The van der Waals surface area contributed by atoms with E-state index in [0.717, 1.165) is 31.2 Å². The van der Waals surface area contributed by atoms with E-state index in [1.54, 1.807) is 0 Å². The van der Waals surface area contributed by atoms with Crippen molar-refractivity contribution in [3.63, 3.8) is 0 Å². The number of carbonyl (C=O) groups is 2. The Morgan fingerprint density at radius 2 is 1.63 bits per heavy atom. The molecule has 3 amide bonds. The quantitative estimate of drug-likeness (QED) is 0.848. The number of urea groups is 1. The lowest BCUT2D eigenvalue weighted by Crippen LogP contribution is -2.39. The van der Waals surface area contributed by atoms with Gasteiger partial charge in [0.15, 0.2) is 0 Å². The molecule has 0 spiro atoms. The minimum absolute atomic E-state index is 0.0487. The average Bonchev–Trinajstić information content (AvgIpc) is 2.72. The molecule has 142 valence electrons. The van der Waals surface area contributed by atoms with Crippen molar-refractivity contribution >= 4 is 11.9 Å². The van der Waals surface area contributed by atoms with Crippen molar-refractivity contribution < 1.29 is 9.59 Å². The highest BCUT2D eigenvalue weighted by molar-refractivity contribution is 5.94. The molecule has 5 heteroatoms. The van der Waals surface area contributed by atoms with Gasteiger partial charge in [0.1, 0.15) is 0 Å². The fourth-order valence-corrected chi connectivity index (χ4v) is 3.85. The number of benzene rings is 2. The molecule has 0 saturated heterocycles. The van der Waals surface area contributed by atoms with E-state index < -0.39 is 6.03 Å². The zero-order chi connectivity index (χ0) is 19.2. The van der Waals surface area contributed by atoms with Crippen molar-refractivity contribution in [2.45, 2.75) is 44.2 Å². The molecular formula is C22H27N3O2. The first-order valence-corrected chi connectivity index (χ1v) is 9.49. The van der Waals surface area contributed by atoms with Gasteiger partial charge in [-0.1, -0.05) is 42.5 Å². The van der Waals surface area contributed by atoms with Crippen LogP contribution in [0, 0.1) is 0 Å². The second-order valence-electron chi connectivity index (χ2n) is 7.25. The normalized spacial score (nSPS) is 19.3. The molecule has 0 unspecified atom stereocenters. The van der Waals surface area contributed by atoms with Crippen LogP contribution >= 0.6 is 0 Å². The third kappa shape index (κ3) is 4.88. The summed E-state index contributed by atoms with van der Waals surface area (Å²) in [4.78, 5) is 25.5. The van der Waals surface area contributed by atoms with Gasteiger partial charge in [0.25, 0.3) is 5.91 Å². The Kier molecular flexibility index (Phi) is 6.12. The average molecular weight is 365 g/mol. The fourth-order valence-electron chi connectivity index (χ4n) is 3.85. The second-order valence-corrected chi connectivity index (χ2v) is 7.25. The van der Waals surface area contributed by atoms with Crippen LogP contribution in [0.4, 0.5) is 4.79 Å². The van der Waals surface area contributed by atoms with Crippen molar-refractivity contribution in [1.82, 2.24) is 10.2 Å². The lowest BCUT2D eigenvalue weighted by atomic mass is 9.81. The van der Waals surface area contributed by atoms with Crippen LogP contribution in [0.15, 0.2) is 54.6 Å². The topological polar surface area (TPSA) is 75.4 Å². The Morgan fingerprint density at radius 1 is 1.00 bits per heavy atom. The molecule has 1 saturated carbocycles. The monoisotopic (exact) mass is 365 g/mol. The van der Waals surface area contributed by atoms with Gasteiger partial charge in [-0.25, -0.2) is 4.79 Å². The van der Waals surface area contributed by atoms with Crippen molar-refractivity contribution in [2.75, 3.05) is 7.05 Å². The van der Waals surface area contributed by atoms with Crippen molar-refractivity contribution in [1.29, 1.82) is 0 Å². The molecule has 1 aliphatic carbocycles. The number of hydrogen-bond donors (Lipinski definition) is 2. The van der Waals surface area contributed by atoms with Crippen molar-refractivity contribution in [2.24, 2.45) is 5.73 Å². The van der Waals surface area contributed by atoms with Gasteiger partial charge in [-0.05, 0) is 54.9 Å². The van der Waals surface area contributed by atoms with Gasteiger partial charge in [0, 0.05) is 25.2 Å². The zero-order valence-electron chi connectivity index (χ0n) is 15.7. The van der Waals surface area contributed by atoms with E-state index in [2.05, 4.69) is 35.6 Å². The second kappa shape index (κ2) is 8.71. The van der Waals surface area contributed by atoms with Crippen molar-refractivity contribution in [3.8, 4) is 0 Å². The molecule has 2 aromatic carbocycles. The molecule has 0 heterocycles. The smallest absolute Gasteiger partial charge is 0.312 e. The summed E-state index contributed by atoms with van der Waals surface area (Å²) in [6.07, 6.45) is 4.29. The number of rotatable bonds is 5. The van der Waals surface area contributed by atoms with E-state index in [9.17, 15) is 9.59 Å². The van der Waals surface area contributed by atoms with Gasteiger partial charge in [-0.2, -0.15) is 0 Å². The van der Waals surface area contributed by atoms with Crippen LogP contribution in [0.5, 0.6) is 0 Å². The Balaban J connectivity index is 1.55. The lowest BCUT2D eigenvalue weighted by Gasteiger charge is -2.35. The van der Waals surface area contributed by atoms with E-state index in [-0.39, 0.29) is 11.9 Å². The largest absolute Gasteiger partial charge is 0.352 e. The molecular weight excluding hydrogens is 338 g/mol. The van der Waals surface area contributed by atoms with E-state index in [4.69, 9.17) is 5.73 Å². The number of nitrogens with zero attached hydrogens (tertiary/aromatic N) is 1. The predicted molar refractivity (Wildman–Crippen MR) is 106 cm³/mol. The van der Waals surface area contributed by atoms with E-state index >= 15 is 0 Å². The van der Waals surface area contributed by atoms with Crippen LogP contribution in [0.25, 0.3) is 0 Å². The van der Waals surface area contributed by atoms with E-state index in [1.807, 2.05) is 36.2 Å². The third-order valence-corrected chi connectivity index (χ3v) is 5.50. The summed E-state index contributed by atoms with van der Waals surface area (Å²) in [6.45, 7) is 0.364. The summed E-state index contributed by atoms with van der Waals surface area (Å²) in [6, 6.07) is 17.7. The lowest BCUT2D eigenvalue weighted by molar-refractivity contribution is 0.0689. The Labute approximate surface area is 160 Å². The first kappa shape index (κ1) is 19.0. The molecule has 0 aromatic heterocycles. The van der Waals surface area contributed by atoms with Gasteiger partial charge in [0.2, 0.25) is 0 Å². The van der Waals surface area contributed by atoms with Gasteiger partial charge in [0.05, 0.1) is 0 Å². The van der Waals surface area contributed by atoms with Crippen LogP contribution in [0.3, 0.4) is 0 Å². The highest BCUT2D eigenvalue weighted by Gasteiger charge is 2.27. The molecule has 3 rings (SSSR count). The molecule has 0 bridgehead atoms. The summed E-state index contributed by atoms with van der Waals surface area (Å²) in [5, 5.41) is 2.55. The molecule has 3 N–H and O–H groups in total. The summed E-state index contributed by atoms with van der Waals surface area (Å²) >= 11 is 0. The van der Waals surface area contributed by atoms with E-state index in [0.29, 0.717) is 18.0 Å². The molecule has 1 fully saturated rings. The standard InChI is InChI=1S/C22H27N3O2/c1-25(20-13-11-18(12-14-20)17-5-3-2-4-6-17)21(26)19-9-7-16(8-10-19)15-24-22(23)27/h2-10,18,20H,11-15H2,1H3,(H3,23,24,27).